The van der Waals surface area contributed by atoms with Crippen molar-refractivity contribution in [3.63, 3.8) is 0 Å². The van der Waals surface area contributed by atoms with E-state index in [9.17, 15) is 19.7 Å². The molecule has 0 atom stereocenters. The molecule has 11 nitrogen and oxygen atoms in total. The lowest BCUT2D eigenvalue weighted by Gasteiger charge is -2.18. The Bertz CT molecular complexity index is 1190. The molecule has 3 aromatic rings. The fourth-order valence-corrected chi connectivity index (χ4v) is 4.24. The van der Waals surface area contributed by atoms with Gasteiger partial charge >= 0.3 is 0 Å². The summed E-state index contributed by atoms with van der Waals surface area (Å²) in [5.74, 6) is -0.255. The number of nitrogens with one attached hydrogen (secondary N) is 2. The van der Waals surface area contributed by atoms with Crippen molar-refractivity contribution < 1.29 is 14.5 Å². The molecular weight excluding hydrogens is 458 g/mol. The Balaban J connectivity index is 1.39. The normalized spacial score (nSPS) is 13.0. The Morgan fingerprint density at radius 2 is 1.71 bits per heavy atom. The van der Waals surface area contributed by atoms with Crippen molar-refractivity contribution in [2.75, 3.05) is 23.7 Å². The SMILES string of the molecule is Cc1ccc(-n2c(SCC(=O)NNC(=O)c3ccc([N+](=O)[O-])cc3)nnc2N2CCCC2)cc1. The van der Waals surface area contributed by atoms with E-state index in [0.717, 1.165) is 43.1 Å². The van der Waals surface area contributed by atoms with Gasteiger partial charge in [0, 0.05) is 30.8 Å². The molecule has 2 N–H and O–H groups in total. The molecule has 1 aliphatic rings. The number of rotatable bonds is 7. The molecule has 0 spiro atoms. The van der Waals surface area contributed by atoms with Crippen LogP contribution in [0.15, 0.2) is 53.7 Å². The predicted molar refractivity (Wildman–Crippen MR) is 127 cm³/mol. The summed E-state index contributed by atoms with van der Waals surface area (Å²) < 4.78 is 1.94. The molecule has 1 aliphatic heterocycles. The molecule has 2 heterocycles. The highest BCUT2D eigenvalue weighted by atomic mass is 32.2. The van der Waals surface area contributed by atoms with Gasteiger partial charge in [-0.1, -0.05) is 29.5 Å². The summed E-state index contributed by atoms with van der Waals surface area (Å²) in [5, 5.41) is 20.0. The van der Waals surface area contributed by atoms with E-state index in [-0.39, 0.29) is 17.0 Å². The zero-order chi connectivity index (χ0) is 24.1. The third kappa shape index (κ3) is 5.34. The fourth-order valence-electron chi connectivity index (χ4n) is 3.50. The van der Waals surface area contributed by atoms with E-state index < -0.39 is 16.7 Å². The summed E-state index contributed by atoms with van der Waals surface area (Å²) in [6, 6.07) is 13.1. The number of aryl methyl sites for hydroxylation is 1. The van der Waals surface area contributed by atoms with Crippen molar-refractivity contribution >= 4 is 35.2 Å². The molecule has 0 radical (unpaired) electrons. The average molecular weight is 482 g/mol. The largest absolute Gasteiger partial charge is 0.341 e. The van der Waals surface area contributed by atoms with Crippen molar-refractivity contribution in [2.45, 2.75) is 24.9 Å². The molecule has 0 bridgehead atoms. The zero-order valence-electron chi connectivity index (χ0n) is 18.4. The van der Waals surface area contributed by atoms with Crippen LogP contribution in [0, 0.1) is 17.0 Å². The number of nitrogens with zero attached hydrogens (tertiary/aromatic N) is 5. The minimum Gasteiger partial charge on any atom is -0.341 e. The molecule has 0 unspecified atom stereocenters. The van der Waals surface area contributed by atoms with Crippen molar-refractivity contribution in [2.24, 2.45) is 0 Å². The van der Waals surface area contributed by atoms with Crippen LogP contribution in [0.4, 0.5) is 11.6 Å². The van der Waals surface area contributed by atoms with Crippen LogP contribution < -0.4 is 15.8 Å². The molecule has 1 fully saturated rings. The van der Waals surface area contributed by atoms with Crippen LogP contribution in [0.5, 0.6) is 0 Å². The maximum atomic E-state index is 12.3. The van der Waals surface area contributed by atoms with Gasteiger partial charge in [0.2, 0.25) is 11.9 Å². The number of thioether (sulfide) groups is 1. The highest BCUT2D eigenvalue weighted by molar-refractivity contribution is 7.99. The van der Waals surface area contributed by atoms with E-state index >= 15 is 0 Å². The topological polar surface area (TPSA) is 135 Å². The first-order valence-corrected chi connectivity index (χ1v) is 11.6. The van der Waals surface area contributed by atoms with Crippen molar-refractivity contribution in [3.05, 3.63) is 69.8 Å². The van der Waals surface area contributed by atoms with Gasteiger partial charge in [-0.05, 0) is 44.0 Å². The third-order valence-corrected chi connectivity index (χ3v) is 6.21. The molecule has 176 valence electrons. The minimum atomic E-state index is -0.576. The van der Waals surface area contributed by atoms with Crippen LogP contribution in [0.1, 0.15) is 28.8 Å². The maximum absolute atomic E-state index is 12.3. The van der Waals surface area contributed by atoms with Crippen molar-refractivity contribution in [3.8, 4) is 5.69 Å². The molecular formula is C22H23N7O4S. The molecule has 12 heteroatoms. The van der Waals surface area contributed by atoms with Crippen molar-refractivity contribution in [1.82, 2.24) is 25.6 Å². The van der Waals surface area contributed by atoms with Gasteiger partial charge in [-0.25, -0.2) is 0 Å². The first kappa shape index (κ1) is 23.2. The number of hydrazine groups is 1. The van der Waals surface area contributed by atoms with E-state index in [4.69, 9.17) is 0 Å². The number of amides is 2. The second-order valence-corrected chi connectivity index (χ2v) is 8.69. The molecule has 2 amide bonds. The number of nitro groups is 1. The first-order valence-electron chi connectivity index (χ1n) is 10.7. The Kier molecular flexibility index (Phi) is 7.07. The standard InChI is InChI=1S/C22H23N7O4S/c1-15-4-8-17(9-5-15)28-21(27-12-2-3-13-27)25-26-22(28)34-14-19(30)23-24-20(31)16-6-10-18(11-7-16)29(32)33/h4-11H,2-3,12-14H2,1H3,(H,23,30)(H,24,31). The molecule has 1 aromatic heterocycles. The smallest absolute Gasteiger partial charge is 0.269 e. The quantitative estimate of drug-likeness (QED) is 0.299. The predicted octanol–water partition coefficient (Wildman–Crippen LogP) is 2.64. The number of non-ortho nitro benzene ring substituents is 1. The van der Waals surface area contributed by atoms with Crippen LogP contribution in [0.2, 0.25) is 0 Å². The monoisotopic (exact) mass is 481 g/mol. The van der Waals surface area contributed by atoms with Crippen LogP contribution >= 0.6 is 11.8 Å². The van der Waals surface area contributed by atoms with Crippen LogP contribution in [-0.4, -0.2) is 50.3 Å². The number of aromatic nitrogens is 3. The second kappa shape index (κ2) is 10.3. The van der Waals surface area contributed by atoms with Crippen LogP contribution in [0.25, 0.3) is 5.69 Å². The lowest BCUT2D eigenvalue weighted by atomic mass is 10.2. The fraction of sp³-hybridized carbons (Fsp3) is 0.273. The maximum Gasteiger partial charge on any atom is 0.269 e. The molecule has 2 aromatic carbocycles. The highest BCUT2D eigenvalue weighted by Crippen LogP contribution is 2.28. The van der Waals surface area contributed by atoms with Gasteiger partial charge in [-0.15, -0.1) is 10.2 Å². The average Bonchev–Trinajstić information content (AvgIpc) is 3.52. The summed E-state index contributed by atoms with van der Waals surface area (Å²) in [5.41, 5.74) is 6.78. The Morgan fingerprint density at radius 1 is 1.03 bits per heavy atom. The Hall–Kier alpha value is -3.93. The summed E-state index contributed by atoms with van der Waals surface area (Å²) in [7, 11) is 0. The Labute approximate surface area is 199 Å². The summed E-state index contributed by atoms with van der Waals surface area (Å²) >= 11 is 1.21. The molecule has 0 saturated carbocycles. The molecule has 1 saturated heterocycles. The van der Waals surface area contributed by atoms with E-state index in [1.54, 1.807) is 0 Å². The van der Waals surface area contributed by atoms with Gasteiger partial charge in [-0.2, -0.15) is 0 Å². The van der Waals surface area contributed by atoms with E-state index in [1.165, 1.54) is 36.0 Å². The lowest BCUT2D eigenvalue weighted by Crippen LogP contribution is -2.42. The van der Waals surface area contributed by atoms with E-state index in [0.29, 0.717) is 5.16 Å². The number of hydrogen-bond acceptors (Lipinski definition) is 8. The molecule has 4 rings (SSSR count). The van der Waals surface area contributed by atoms with E-state index in [1.807, 2.05) is 35.8 Å². The number of carbonyl (C=O) groups excluding carboxylic acids is 2. The van der Waals surface area contributed by atoms with Gasteiger partial charge in [-0.3, -0.25) is 35.1 Å². The summed E-state index contributed by atoms with van der Waals surface area (Å²) in [6.45, 7) is 3.83. The minimum absolute atomic E-state index is 0.00450. The van der Waals surface area contributed by atoms with E-state index in [2.05, 4.69) is 25.9 Å². The summed E-state index contributed by atoms with van der Waals surface area (Å²) in [4.78, 5) is 36.9. The lowest BCUT2D eigenvalue weighted by molar-refractivity contribution is -0.384. The third-order valence-electron chi connectivity index (χ3n) is 5.29. The Morgan fingerprint density at radius 3 is 2.35 bits per heavy atom. The van der Waals surface area contributed by atoms with Gasteiger partial charge in [0.1, 0.15) is 0 Å². The molecule has 34 heavy (non-hydrogen) atoms. The van der Waals surface area contributed by atoms with Gasteiger partial charge in [0.25, 0.3) is 11.6 Å². The van der Waals surface area contributed by atoms with Gasteiger partial charge < -0.3 is 4.90 Å². The van der Waals surface area contributed by atoms with Gasteiger partial charge in [0.05, 0.1) is 16.4 Å². The van der Waals surface area contributed by atoms with Gasteiger partial charge in [0.15, 0.2) is 5.16 Å². The van der Waals surface area contributed by atoms with Crippen LogP contribution in [-0.2, 0) is 4.79 Å². The number of carbonyl (C=O) groups is 2. The number of benzene rings is 2. The number of nitro benzene ring substituents is 1. The number of anilines is 1. The number of hydrogen-bond donors (Lipinski definition) is 2. The summed E-state index contributed by atoms with van der Waals surface area (Å²) in [6.07, 6.45) is 2.19. The second-order valence-electron chi connectivity index (χ2n) is 7.74. The zero-order valence-corrected chi connectivity index (χ0v) is 19.2. The molecule has 0 aliphatic carbocycles. The van der Waals surface area contributed by atoms with Crippen molar-refractivity contribution in [1.29, 1.82) is 0 Å². The van der Waals surface area contributed by atoms with Crippen LogP contribution in [0.3, 0.4) is 0 Å². The first-order chi connectivity index (χ1) is 16.4. The highest BCUT2D eigenvalue weighted by Gasteiger charge is 2.23.